The van der Waals surface area contributed by atoms with Crippen LogP contribution in [-0.2, 0) is 7.05 Å². The first-order valence-electron chi connectivity index (χ1n) is 5.44. The molecular formula is C10H12ClN5S. The Kier molecular flexibility index (Phi) is 2.76. The van der Waals surface area contributed by atoms with Crippen molar-refractivity contribution in [1.29, 1.82) is 0 Å². The molecule has 0 radical (unpaired) electrons. The Morgan fingerprint density at radius 1 is 1.53 bits per heavy atom. The third kappa shape index (κ3) is 2.02. The van der Waals surface area contributed by atoms with E-state index < -0.39 is 0 Å². The van der Waals surface area contributed by atoms with Crippen LogP contribution in [0.5, 0.6) is 0 Å². The van der Waals surface area contributed by atoms with Crippen LogP contribution >= 0.6 is 22.9 Å². The summed E-state index contributed by atoms with van der Waals surface area (Å²) in [5.74, 6) is 1.49. The first-order chi connectivity index (χ1) is 8.24. The lowest BCUT2D eigenvalue weighted by Crippen LogP contribution is -2.19. The summed E-state index contributed by atoms with van der Waals surface area (Å²) in [7, 11) is 1.98. The molecule has 0 amide bonds. The lowest BCUT2D eigenvalue weighted by Gasteiger charge is -2.14. The fourth-order valence-corrected chi connectivity index (χ4v) is 3.13. The van der Waals surface area contributed by atoms with Gasteiger partial charge in [0.05, 0.1) is 6.20 Å². The molecule has 0 bridgehead atoms. The van der Waals surface area contributed by atoms with E-state index in [1.54, 1.807) is 12.5 Å². The molecule has 1 aliphatic rings. The molecule has 0 N–H and O–H groups in total. The monoisotopic (exact) mass is 269 g/mol. The largest absolute Gasteiger partial charge is 0.347 e. The van der Waals surface area contributed by atoms with Gasteiger partial charge in [0.25, 0.3) is 0 Å². The second kappa shape index (κ2) is 4.27. The van der Waals surface area contributed by atoms with Gasteiger partial charge in [0.1, 0.15) is 16.5 Å². The van der Waals surface area contributed by atoms with Crippen molar-refractivity contribution >= 4 is 28.1 Å². The average molecular weight is 270 g/mol. The zero-order valence-electron chi connectivity index (χ0n) is 9.38. The van der Waals surface area contributed by atoms with E-state index in [1.165, 1.54) is 11.3 Å². The van der Waals surface area contributed by atoms with E-state index in [-0.39, 0.29) is 0 Å². The summed E-state index contributed by atoms with van der Waals surface area (Å²) in [6.07, 6.45) is 4.54. The Morgan fingerprint density at radius 3 is 3.06 bits per heavy atom. The van der Waals surface area contributed by atoms with Crippen molar-refractivity contribution in [2.45, 2.75) is 12.3 Å². The molecule has 2 aromatic rings. The number of aromatic nitrogens is 4. The van der Waals surface area contributed by atoms with Crippen LogP contribution < -0.4 is 4.90 Å². The van der Waals surface area contributed by atoms with E-state index in [4.69, 9.17) is 11.6 Å². The zero-order chi connectivity index (χ0) is 11.8. The Hall–Kier alpha value is -1.14. The Bertz CT molecular complexity index is 522. The van der Waals surface area contributed by atoms with Gasteiger partial charge in [-0.1, -0.05) is 22.9 Å². The highest BCUT2D eigenvalue weighted by Crippen LogP contribution is 2.33. The van der Waals surface area contributed by atoms with Gasteiger partial charge in [0, 0.05) is 26.1 Å². The number of hydrogen-bond acceptors (Lipinski definition) is 5. The minimum atomic E-state index is 0.435. The van der Waals surface area contributed by atoms with Crippen molar-refractivity contribution in [3.05, 3.63) is 22.7 Å². The predicted octanol–water partition coefficient (Wildman–Crippen LogP) is 1.92. The number of aryl methyl sites for hydroxylation is 1. The maximum atomic E-state index is 5.90. The second-order valence-electron chi connectivity index (χ2n) is 4.18. The van der Waals surface area contributed by atoms with Crippen LogP contribution in [0.4, 0.5) is 5.13 Å². The SMILES string of the molecule is Cn1cnnc1C1CCN(c2ncc(Cl)s2)C1. The third-order valence-electron chi connectivity index (χ3n) is 3.04. The summed E-state index contributed by atoms with van der Waals surface area (Å²) in [6, 6.07) is 0. The summed E-state index contributed by atoms with van der Waals surface area (Å²) < 4.78 is 2.73. The van der Waals surface area contributed by atoms with Gasteiger partial charge in [-0.05, 0) is 6.42 Å². The van der Waals surface area contributed by atoms with Crippen molar-refractivity contribution in [2.24, 2.45) is 7.05 Å². The second-order valence-corrected chi connectivity index (χ2v) is 5.82. The molecule has 3 rings (SSSR count). The highest BCUT2D eigenvalue weighted by atomic mass is 35.5. The smallest absolute Gasteiger partial charge is 0.186 e. The van der Waals surface area contributed by atoms with Crippen LogP contribution in [0.3, 0.4) is 0 Å². The van der Waals surface area contributed by atoms with Gasteiger partial charge in [-0.15, -0.1) is 10.2 Å². The first-order valence-corrected chi connectivity index (χ1v) is 6.63. The van der Waals surface area contributed by atoms with Crippen molar-refractivity contribution < 1.29 is 0 Å². The Labute approximate surface area is 108 Å². The fraction of sp³-hybridized carbons (Fsp3) is 0.500. The quantitative estimate of drug-likeness (QED) is 0.836. The summed E-state index contributed by atoms with van der Waals surface area (Å²) in [5.41, 5.74) is 0. The molecule has 1 aliphatic heterocycles. The number of anilines is 1. The lowest BCUT2D eigenvalue weighted by atomic mass is 10.1. The number of thiazole rings is 1. The summed E-state index contributed by atoms with van der Waals surface area (Å²) in [5, 5.41) is 9.10. The number of halogens is 1. The Morgan fingerprint density at radius 2 is 2.41 bits per heavy atom. The average Bonchev–Trinajstić information content (AvgIpc) is 2.97. The molecule has 0 saturated carbocycles. The van der Waals surface area contributed by atoms with Gasteiger partial charge >= 0.3 is 0 Å². The van der Waals surface area contributed by atoms with Gasteiger partial charge in [-0.2, -0.15) is 0 Å². The third-order valence-corrected chi connectivity index (χ3v) is 4.21. The summed E-state index contributed by atoms with van der Waals surface area (Å²) in [4.78, 5) is 6.57. The first kappa shape index (κ1) is 11.0. The van der Waals surface area contributed by atoms with Crippen LogP contribution in [0.25, 0.3) is 0 Å². The van der Waals surface area contributed by atoms with Crippen molar-refractivity contribution in [1.82, 2.24) is 19.7 Å². The molecule has 1 fully saturated rings. The molecule has 0 aromatic carbocycles. The molecule has 17 heavy (non-hydrogen) atoms. The van der Waals surface area contributed by atoms with Crippen LogP contribution in [0.15, 0.2) is 12.5 Å². The summed E-state index contributed by atoms with van der Waals surface area (Å²) >= 11 is 7.43. The molecule has 3 heterocycles. The van der Waals surface area contributed by atoms with E-state index in [0.717, 1.165) is 34.8 Å². The highest BCUT2D eigenvalue weighted by molar-refractivity contribution is 7.19. The molecule has 7 heteroatoms. The molecular weight excluding hydrogens is 258 g/mol. The molecule has 5 nitrogen and oxygen atoms in total. The lowest BCUT2D eigenvalue weighted by molar-refractivity contribution is 0.663. The summed E-state index contributed by atoms with van der Waals surface area (Å²) in [6.45, 7) is 1.94. The number of hydrogen-bond donors (Lipinski definition) is 0. The molecule has 0 spiro atoms. The molecule has 90 valence electrons. The molecule has 2 aromatic heterocycles. The topological polar surface area (TPSA) is 46.8 Å². The van der Waals surface area contributed by atoms with E-state index in [2.05, 4.69) is 20.1 Å². The van der Waals surface area contributed by atoms with Gasteiger partial charge < -0.3 is 9.47 Å². The van der Waals surface area contributed by atoms with E-state index in [1.807, 2.05) is 11.6 Å². The maximum Gasteiger partial charge on any atom is 0.186 e. The highest BCUT2D eigenvalue weighted by Gasteiger charge is 2.28. The standard InChI is InChI=1S/C10H12ClN5S/c1-15-6-13-14-9(15)7-2-3-16(5-7)10-12-4-8(11)17-10/h4,6-7H,2-3,5H2,1H3. The van der Waals surface area contributed by atoms with E-state index in [9.17, 15) is 0 Å². The van der Waals surface area contributed by atoms with Crippen LogP contribution in [-0.4, -0.2) is 32.8 Å². The predicted molar refractivity (Wildman–Crippen MR) is 67.7 cm³/mol. The zero-order valence-corrected chi connectivity index (χ0v) is 10.9. The van der Waals surface area contributed by atoms with Crippen LogP contribution in [0.2, 0.25) is 4.34 Å². The Balaban J connectivity index is 1.76. The molecule has 0 aliphatic carbocycles. The van der Waals surface area contributed by atoms with Gasteiger partial charge in [0.15, 0.2) is 5.13 Å². The molecule has 1 saturated heterocycles. The van der Waals surface area contributed by atoms with Gasteiger partial charge in [-0.25, -0.2) is 4.98 Å². The minimum absolute atomic E-state index is 0.435. The van der Waals surface area contributed by atoms with Crippen LogP contribution in [0, 0.1) is 0 Å². The normalized spacial score (nSPS) is 20.1. The number of nitrogens with zero attached hydrogens (tertiary/aromatic N) is 5. The molecule has 1 atom stereocenters. The van der Waals surface area contributed by atoms with E-state index >= 15 is 0 Å². The molecule has 1 unspecified atom stereocenters. The van der Waals surface area contributed by atoms with Crippen molar-refractivity contribution in [3.63, 3.8) is 0 Å². The van der Waals surface area contributed by atoms with Crippen LogP contribution in [0.1, 0.15) is 18.2 Å². The van der Waals surface area contributed by atoms with Gasteiger partial charge in [-0.3, -0.25) is 0 Å². The van der Waals surface area contributed by atoms with E-state index in [0.29, 0.717) is 5.92 Å². The fourth-order valence-electron chi connectivity index (χ4n) is 2.20. The maximum absolute atomic E-state index is 5.90. The van der Waals surface area contributed by atoms with Crippen molar-refractivity contribution in [3.8, 4) is 0 Å². The van der Waals surface area contributed by atoms with Crippen molar-refractivity contribution in [2.75, 3.05) is 18.0 Å². The number of rotatable bonds is 2. The minimum Gasteiger partial charge on any atom is -0.347 e. The van der Waals surface area contributed by atoms with Gasteiger partial charge in [0.2, 0.25) is 0 Å².